The number of halogens is 4. The van der Waals surface area contributed by atoms with Gasteiger partial charge in [0.25, 0.3) is 0 Å². The van der Waals surface area contributed by atoms with Crippen molar-refractivity contribution < 1.29 is 23.1 Å². The average molecular weight is 239 g/mol. The first kappa shape index (κ1) is 11.8. The molecule has 15 heavy (non-hydrogen) atoms. The fraction of sp³-hybridized carbons (Fsp3) is 0.222. The van der Waals surface area contributed by atoms with Gasteiger partial charge in [-0.3, -0.25) is 4.79 Å². The Kier molecular flexibility index (Phi) is 3.24. The molecule has 0 atom stereocenters. The number of Topliss-reactive ketones (excluding diaryl/α,β-unsaturated/α-hetero) is 1. The molecule has 0 aromatic heterocycles. The van der Waals surface area contributed by atoms with Gasteiger partial charge in [0.2, 0.25) is 0 Å². The third-order valence-electron chi connectivity index (χ3n) is 1.75. The zero-order chi connectivity index (χ0) is 11.6. The van der Waals surface area contributed by atoms with Crippen molar-refractivity contribution in [2.75, 3.05) is 5.88 Å². The van der Waals surface area contributed by atoms with Crippen LogP contribution in [0.1, 0.15) is 15.9 Å². The molecule has 0 aliphatic heterocycles. The van der Waals surface area contributed by atoms with Crippen LogP contribution in [0.2, 0.25) is 0 Å². The highest BCUT2D eigenvalue weighted by atomic mass is 35.5. The lowest BCUT2D eigenvalue weighted by atomic mass is 10.1. The van der Waals surface area contributed by atoms with Crippen LogP contribution in [0.25, 0.3) is 0 Å². The van der Waals surface area contributed by atoms with E-state index in [0.717, 1.165) is 6.07 Å². The number of hydrogen-bond acceptors (Lipinski definition) is 2. The van der Waals surface area contributed by atoms with Gasteiger partial charge in [-0.1, -0.05) is 0 Å². The summed E-state index contributed by atoms with van der Waals surface area (Å²) in [5.41, 5.74) is -1.41. The molecule has 0 aliphatic rings. The number of benzene rings is 1. The molecular weight excluding hydrogens is 233 g/mol. The Morgan fingerprint density at radius 1 is 1.40 bits per heavy atom. The van der Waals surface area contributed by atoms with Crippen LogP contribution in [0, 0.1) is 0 Å². The second kappa shape index (κ2) is 4.10. The first-order valence-corrected chi connectivity index (χ1v) is 4.39. The maximum Gasteiger partial charge on any atom is 0.416 e. The summed E-state index contributed by atoms with van der Waals surface area (Å²) >= 11 is 5.18. The Labute approximate surface area is 88.3 Å². The molecule has 1 aromatic carbocycles. The number of carbonyl (C=O) groups excluding carboxylic acids is 1. The van der Waals surface area contributed by atoms with Crippen molar-refractivity contribution in [1.29, 1.82) is 0 Å². The van der Waals surface area contributed by atoms with Crippen LogP contribution in [0.3, 0.4) is 0 Å². The standard InChI is InChI=1S/C9H6ClF3O2/c10-4-8(15)6-3-5(9(11,12)13)1-2-7(6)14/h1-3,14H,4H2. The predicted octanol–water partition coefficient (Wildman–Crippen LogP) is 2.83. The van der Waals surface area contributed by atoms with E-state index >= 15 is 0 Å². The van der Waals surface area contributed by atoms with E-state index in [-0.39, 0.29) is 0 Å². The molecule has 1 rings (SSSR count). The summed E-state index contributed by atoms with van der Waals surface area (Å²) in [5.74, 6) is -1.73. The number of ketones is 1. The van der Waals surface area contributed by atoms with E-state index in [2.05, 4.69) is 0 Å². The lowest BCUT2D eigenvalue weighted by Gasteiger charge is -2.08. The fourth-order valence-electron chi connectivity index (χ4n) is 1.01. The van der Waals surface area contributed by atoms with Crippen LogP contribution < -0.4 is 0 Å². The molecule has 0 saturated carbocycles. The topological polar surface area (TPSA) is 37.3 Å². The molecule has 2 nitrogen and oxygen atoms in total. The number of hydrogen-bond donors (Lipinski definition) is 1. The SMILES string of the molecule is O=C(CCl)c1cc(C(F)(F)F)ccc1O. The summed E-state index contributed by atoms with van der Waals surface area (Å²) in [5, 5.41) is 9.16. The van der Waals surface area contributed by atoms with Crippen molar-refractivity contribution in [3.05, 3.63) is 29.3 Å². The van der Waals surface area contributed by atoms with E-state index in [9.17, 15) is 18.0 Å². The van der Waals surface area contributed by atoms with Gasteiger partial charge >= 0.3 is 6.18 Å². The van der Waals surface area contributed by atoms with Crippen LogP contribution in [0.15, 0.2) is 18.2 Å². The van der Waals surface area contributed by atoms with Gasteiger partial charge in [0.05, 0.1) is 17.0 Å². The molecule has 0 spiro atoms. The van der Waals surface area contributed by atoms with E-state index in [4.69, 9.17) is 16.7 Å². The molecule has 6 heteroatoms. The van der Waals surface area contributed by atoms with Crippen LogP contribution in [-0.4, -0.2) is 16.8 Å². The monoisotopic (exact) mass is 238 g/mol. The molecule has 0 saturated heterocycles. The van der Waals surface area contributed by atoms with E-state index in [1.807, 2.05) is 0 Å². The van der Waals surface area contributed by atoms with Crippen LogP contribution in [0.5, 0.6) is 5.75 Å². The zero-order valence-corrected chi connectivity index (χ0v) is 8.06. The first-order chi connectivity index (χ1) is 6.86. The molecular formula is C9H6ClF3O2. The Bertz CT molecular complexity index is 387. The third-order valence-corrected chi connectivity index (χ3v) is 1.99. The molecule has 0 amide bonds. The predicted molar refractivity (Wildman–Crippen MR) is 48.2 cm³/mol. The second-order valence-electron chi connectivity index (χ2n) is 2.79. The Balaban J connectivity index is 3.23. The lowest BCUT2D eigenvalue weighted by Crippen LogP contribution is -2.08. The molecule has 0 aliphatic carbocycles. The minimum absolute atomic E-state index is 0.417. The summed E-state index contributed by atoms with van der Waals surface area (Å²) in [7, 11) is 0. The van der Waals surface area contributed by atoms with Crippen molar-refractivity contribution in [3.8, 4) is 5.75 Å². The Hall–Kier alpha value is -1.23. The maximum absolute atomic E-state index is 12.2. The van der Waals surface area contributed by atoms with Gasteiger partial charge in [-0.15, -0.1) is 11.6 Å². The quantitative estimate of drug-likeness (QED) is 0.635. The molecule has 82 valence electrons. The largest absolute Gasteiger partial charge is 0.507 e. The van der Waals surface area contributed by atoms with Crippen LogP contribution >= 0.6 is 11.6 Å². The van der Waals surface area contributed by atoms with Crippen molar-refractivity contribution in [1.82, 2.24) is 0 Å². The highest BCUT2D eigenvalue weighted by Crippen LogP contribution is 2.32. The van der Waals surface area contributed by atoms with Crippen LogP contribution in [-0.2, 0) is 6.18 Å². The summed E-state index contributed by atoms with van der Waals surface area (Å²) in [4.78, 5) is 11.1. The first-order valence-electron chi connectivity index (χ1n) is 3.85. The zero-order valence-electron chi connectivity index (χ0n) is 7.31. The molecule has 0 fully saturated rings. The van der Waals surface area contributed by atoms with Gasteiger partial charge in [0.1, 0.15) is 5.75 Å². The van der Waals surface area contributed by atoms with Crippen molar-refractivity contribution in [2.45, 2.75) is 6.18 Å². The summed E-state index contributed by atoms with van der Waals surface area (Å²) < 4.78 is 36.7. The van der Waals surface area contributed by atoms with Gasteiger partial charge in [0.15, 0.2) is 5.78 Å². The second-order valence-corrected chi connectivity index (χ2v) is 3.05. The number of carbonyl (C=O) groups is 1. The molecule has 0 heterocycles. The third kappa shape index (κ3) is 2.62. The minimum Gasteiger partial charge on any atom is -0.507 e. The maximum atomic E-state index is 12.2. The number of alkyl halides is 4. The van der Waals surface area contributed by atoms with Gasteiger partial charge in [-0.25, -0.2) is 0 Å². The number of aromatic hydroxyl groups is 1. The van der Waals surface area contributed by atoms with Crippen molar-refractivity contribution in [2.24, 2.45) is 0 Å². The highest BCUT2D eigenvalue weighted by molar-refractivity contribution is 6.30. The van der Waals surface area contributed by atoms with E-state index in [1.54, 1.807) is 0 Å². The molecule has 0 radical (unpaired) electrons. The highest BCUT2D eigenvalue weighted by Gasteiger charge is 2.31. The summed E-state index contributed by atoms with van der Waals surface area (Å²) in [6.07, 6.45) is -4.55. The normalized spacial score (nSPS) is 11.5. The van der Waals surface area contributed by atoms with Crippen LogP contribution in [0.4, 0.5) is 13.2 Å². The fourth-order valence-corrected chi connectivity index (χ4v) is 1.15. The number of rotatable bonds is 2. The molecule has 0 unspecified atom stereocenters. The minimum atomic E-state index is -4.55. The average Bonchev–Trinajstić information content (AvgIpc) is 2.15. The Morgan fingerprint density at radius 2 is 2.00 bits per heavy atom. The molecule has 0 bridgehead atoms. The van der Waals surface area contributed by atoms with Crippen molar-refractivity contribution >= 4 is 17.4 Å². The van der Waals surface area contributed by atoms with E-state index in [0.29, 0.717) is 12.1 Å². The van der Waals surface area contributed by atoms with Gasteiger partial charge < -0.3 is 5.11 Å². The van der Waals surface area contributed by atoms with Gasteiger partial charge in [0, 0.05) is 0 Å². The van der Waals surface area contributed by atoms with Gasteiger partial charge in [-0.05, 0) is 18.2 Å². The van der Waals surface area contributed by atoms with E-state index < -0.39 is 34.7 Å². The number of phenols is 1. The molecule has 1 aromatic rings. The Morgan fingerprint density at radius 3 is 2.47 bits per heavy atom. The number of phenolic OH excluding ortho intramolecular Hbond substituents is 1. The van der Waals surface area contributed by atoms with Crippen molar-refractivity contribution in [3.63, 3.8) is 0 Å². The van der Waals surface area contributed by atoms with Gasteiger partial charge in [-0.2, -0.15) is 13.2 Å². The summed E-state index contributed by atoms with van der Waals surface area (Å²) in [6, 6.07) is 2.10. The smallest absolute Gasteiger partial charge is 0.416 e. The molecule has 1 N–H and O–H groups in total. The summed E-state index contributed by atoms with van der Waals surface area (Å²) in [6.45, 7) is 0. The van der Waals surface area contributed by atoms with E-state index in [1.165, 1.54) is 0 Å². The lowest BCUT2D eigenvalue weighted by molar-refractivity contribution is -0.137.